The number of aryl methyl sites for hydroxylation is 3. The van der Waals surface area contributed by atoms with Crippen LogP contribution >= 0.6 is 0 Å². The van der Waals surface area contributed by atoms with E-state index < -0.39 is 0 Å². The van der Waals surface area contributed by atoms with Crippen LogP contribution in [0.1, 0.15) is 16.8 Å². The molecule has 0 aliphatic heterocycles. The van der Waals surface area contributed by atoms with E-state index >= 15 is 0 Å². The van der Waals surface area contributed by atoms with Gasteiger partial charge in [-0.05, 0) is 54.6 Å². The SMILES string of the molecule is Cc1cccc(OCc2cc3ccc(C)cc3n2C)c1. The van der Waals surface area contributed by atoms with E-state index in [1.807, 2.05) is 12.1 Å². The van der Waals surface area contributed by atoms with Gasteiger partial charge in [-0.2, -0.15) is 0 Å². The third-order valence-electron chi connectivity index (χ3n) is 3.68. The highest BCUT2D eigenvalue weighted by molar-refractivity contribution is 5.81. The molecule has 1 heterocycles. The number of hydrogen-bond donors (Lipinski definition) is 0. The molecule has 0 atom stereocenters. The van der Waals surface area contributed by atoms with E-state index in [-0.39, 0.29) is 0 Å². The summed E-state index contributed by atoms with van der Waals surface area (Å²) in [5, 5.41) is 1.26. The highest BCUT2D eigenvalue weighted by atomic mass is 16.5. The smallest absolute Gasteiger partial charge is 0.128 e. The van der Waals surface area contributed by atoms with E-state index in [0.29, 0.717) is 6.61 Å². The minimum absolute atomic E-state index is 0.591. The van der Waals surface area contributed by atoms with Gasteiger partial charge in [-0.3, -0.25) is 0 Å². The molecule has 0 spiro atoms. The molecule has 20 heavy (non-hydrogen) atoms. The Morgan fingerprint density at radius 1 is 0.950 bits per heavy atom. The van der Waals surface area contributed by atoms with Gasteiger partial charge in [-0.25, -0.2) is 0 Å². The lowest BCUT2D eigenvalue weighted by atomic mass is 10.2. The fraction of sp³-hybridized carbons (Fsp3) is 0.222. The van der Waals surface area contributed by atoms with Gasteiger partial charge in [0.2, 0.25) is 0 Å². The lowest BCUT2D eigenvalue weighted by Crippen LogP contribution is -2.01. The Morgan fingerprint density at radius 2 is 1.75 bits per heavy atom. The van der Waals surface area contributed by atoms with Crippen molar-refractivity contribution in [1.82, 2.24) is 4.57 Å². The van der Waals surface area contributed by atoms with Crippen LogP contribution in [0.25, 0.3) is 10.9 Å². The van der Waals surface area contributed by atoms with Crippen LogP contribution in [0.2, 0.25) is 0 Å². The molecule has 0 amide bonds. The van der Waals surface area contributed by atoms with Gasteiger partial charge in [0.1, 0.15) is 12.4 Å². The first-order valence-electron chi connectivity index (χ1n) is 6.88. The summed E-state index contributed by atoms with van der Waals surface area (Å²) in [6.45, 7) is 4.79. The van der Waals surface area contributed by atoms with Gasteiger partial charge in [0.05, 0.1) is 5.69 Å². The molecule has 0 fully saturated rings. The molecule has 0 saturated carbocycles. The van der Waals surface area contributed by atoms with Gasteiger partial charge in [0.15, 0.2) is 0 Å². The summed E-state index contributed by atoms with van der Waals surface area (Å²) in [6, 6.07) is 16.9. The van der Waals surface area contributed by atoms with Crippen molar-refractivity contribution in [2.75, 3.05) is 0 Å². The van der Waals surface area contributed by atoms with E-state index in [1.54, 1.807) is 0 Å². The number of rotatable bonds is 3. The maximum absolute atomic E-state index is 5.89. The first-order chi connectivity index (χ1) is 9.63. The van der Waals surface area contributed by atoms with Crippen LogP contribution in [0.5, 0.6) is 5.75 Å². The predicted molar refractivity (Wildman–Crippen MR) is 83.2 cm³/mol. The van der Waals surface area contributed by atoms with E-state index in [2.05, 4.69) is 61.9 Å². The van der Waals surface area contributed by atoms with E-state index in [0.717, 1.165) is 5.75 Å². The number of aromatic nitrogens is 1. The topological polar surface area (TPSA) is 14.2 Å². The van der Waals surface area contributed by atoms with Crippen molar-refractivity contribution >= 4 is 10.9 Å². The van der Waals surface area contributed by atoms with Crippen LogP contribution in [0.4, 0.5) is 0 Å². The molecule has 2 aromatic carbocycles. The first kappa shape index (κ1) is 12.8. The molecule has 3 rings (SSSR count). The summed E-state index contributed by atoms with van der Waals surface area (Å²) in [7, 11) is 2.09. The van der Waals surface area contributed by atoms with Gasteiger partial charge in [0.25, 0.3) is 0 Å². The predicted octanol–water partition coefficient (Wildman–Crippen LogP) is 4.37. The first-order valence-corrected chi connectivity index (χ1v) is 6.88. The number of hydrogen-bond acceptors (Lipinski definition) is 1. The molecular weight excluding hydrogens is 246 g/mol. The van der Waals surface area contributed by atoms with Crippen molar-refractivity contribution in [3.05, 3.63) is 65.4 Å². The molecule has 0 radical (unpaired) electrons. The number of ether oxygens (including phenoxy) is 1. The van der Waals surface area contributed by atoms with Gasteiger partial charge in [-0.1, -0.05) is 24.3 Å². The van der Waals surface area contributed by atoms with Gasteiger partial charge in [0, 0.05) is 12.6 Å². The highest BCUT2D eigenvalue weighted by Gasteiger charge is 2.06. The Labute approximate surface area is 119 Å². The quantitative estimate of drug-likeness (QED) is 0.685. The third-order valence-corrected chi connectivity index (χ3v) is 3.68. The maximum Gasteiger partial charge on any atom is 0.128 e. The lowest BCUT2D eigenvalue weighted by Gasteiger charge is -2.08. The molecule has 3 aromatic rings. The van der Waals surface area contributed by atoms with Crippen molar-refractivity contribution in [3.63, 3.8) is 0 Å². The van der Waals surface area contributed by atoms with Crippen LogP contribution in [0.15, 0.2) is 48.5 Å². The third kappa shape index (κ3) is 2.42. The zero-order valence-electron chi connectivity index (χ0n) is 12.2. The van der Waals surface area contributed by atoms with Crippen molar-refractivity contribution in [2.24, 2.45) is 7.05 Å². The zero-order chi connectivity index (χ0) is 14.1. The number of benzene rings is 2. The Hall–Kier alpha value is -2.22. The largest absolute Gasteiger partial charge is 0.487 e. The van der Waals surface area contributed by atoms with Crippen molar-refractivity contribution in [2.45, 2.75) is 20.5 Å². The van der Waals surface area contributed by atoms with E-state index in [4.69, 9.17) is 4.74 Å². The number of nitrogens with zero attached hydrogens (tertiary/aromatic N) is 1. The summed E-state index contributed by atoms with van der Waals surface area (Å²) >= 11 is 0. The second-order valence-corrected chi connectivity index (χ2v) is 5.36. The molecule has 0 aliphatic carbocycles. The van der Waals surface area contributed by atoms with Crippen molar-refractivity contribution in [1.29, 1.82) is 0 Å². The Kier molecular flexibility index (Phi) is 3.23. The Balaban J connectivity index is 1.86. The summed E-state index contributed by atoms with van der Waals surface area (Å²) < 4.78 is 8.10. The molecule has 2 heteroatoms. The van der Waals surface area contributed by atoms with Crippen molar-refractivity contribution in [3.8, 4) is 5.75 Å². The normalized spacial score (nSPS) is 10.9. The van der Waals surface area contributed by atoms with Crippen LogP contribution < -0.4 is 4.74 Å². The Bertz CT molecular complexity index is 755. The highest BCUT2D eigenvalue weighted by Crippen LogP contribution is 2.21. The van der Waals surface area contributed by atoms with Crippen LogP contribution in [-0.2, 0) is 13.7 Å². The average Bonchev–Trinajstić information content (AvgIpc) is 2.73. The molecule has 1 aromatic heterocycles. The summed E-state index contributed by atoms with van der Waals surface area (Å²) in [5.41, 5.74) is 4.94. The van der Waals surface area contributed by atoms with Crippen molar-refractivity contribution < 1.29 is 4.74 Å². The molecule has 0 saturated heterocycles. The molecular formula is C18H19NO. The van der Waals surface area contributed by atoms with E-state index in [1.165, 1.54) is 27.7 Å². The molecule has 0 N–H and O–H groups in total. The molecule has 102 valence electrons. The summed E-state index contributed by atoms with van der Waals surface area (Å²) in [4.78, 5) is 0. The number of fused-ring (bicyclic) bond motifs is 1. The fourth-order valence-corrected chi connectivity index (χ4v) is 2.50. The van der Waals surface area contributed by atoms with Gasteiger partial charge < -0.3 is 9.30 Å². The van der Waals surface area contributed by atoms with E-state index in [9.17, 15) is 0 Å². The van der Waals surface area contributed by atoms with Crippen LogP contribution in [-0.4, -0.2) is 4.57 Å². The monoisotopic (exact) mass is 265 g/mol. The minimum atomic E-state index is 0.591. The zero-order valence-corrected chi connectivity index (χ0v) is 12.2. The van der Waals surface area contributed by atoms with Crippen LogP contribution in [0, 0.1) is 13.8 Å². The van der Waals surface area contributed by atoms with Gasteiger partial charge in [-0.15, -0.1) is 0 Å². The molecule has 0 bridgehead atoms. The standard InChI is InChI=1S/C18H19NO/c1-13-5-4-6-17(9-13)20-12-16-11-15-8-7-14(2)10-18(15)19(16)3/h4-11H,12H2,1-3H3. The second kappa shape index (κ2) is 5.04. The lowest BCUT2D eigenvalue weighted by molar-refractivity contribution is 0.297. The molecule has 2 nitrogen and oxygen atoms in total. The maximum atomic E-state index is 5.89. The summed E-state index contributed by atoms with van der Waals surface area (Å²) in [6.07, 6.45) is 0. The minimum Gasteiger partial charge on any atom is -0.487 e. The van der Waals surface area contributed by atoms with Crippen LogP contribution in [0.3, 0.4) is 0 Å². The molecule has 0 unspecified atom stereocenters. The second-order valence-electron chi connectivity index (χ2n) is 5.36. The Morgan fingerprint density at radius 3 is 2.55 bits per heavy atom. The molecule has 0 aliphatic rings. The summed E-state index contributed by atoms with van der Waals surface area (Å²) in [5.74, 6) is 0.923. The average molecular weight is 265 g/mol. The van der Waals surface area contributed by atoms with Gasteiger partial charge >= 0.3 is 0 Å². The fourth-order valence-electron chi connectivity index (χ4n) is 2.50.